The summed E-state index contributed by atoms with van der Waals surface area (Å²) >= 11 is 0. The van der Waals surface area contributed by atoms with Crippen LogP contribution in [0.5, 0.6) is 0 Å². The molecule has 0 unspecified atom stereocenters. The number of benzene rings is 2. The highest BCUT2D eigenvalue weighted by Crippen LogP contribution is 2.09. The van der Waals surface area contributed by atoms with E-state index in [0.717, 1.165) is 5.56 Å². The van der Waals surface area contributed by atoms with Crippen molar-refractivity contribution in [3.8, 4) is 0 Å². The Bertz CT molecular complexity index is 846. The third-order valence-electron chi connectivity index (χ3n) is 3.09. The third kappa shape index (κ3) is 4.87. The van der Waals surface area contributed by atoms with E-state index in [1.54, 1.807) is 30.3 Å². The van der Waals surface area contributed by atoms with Crippen LogP contribution in [0.15, 0.2) is 64.4 Å². The van der Waals surface area contributed by atoms with E-state index < -0.39 is 20.0 Å². The van der Waals surface area contributed by atoms with Gasteiger partial charge in [-0.15, -0.1) is 0 Å². The Labute approximate surface area is 136 Å². The van der Waals surface area contributed by atoms with Crippen LogP contribution in [0.3, 0.4) is 0 Å². The zero-order chi connectivity index (χ0) is 16.9. The number of hydrogen-bond acceptors (Lipinski definition) is 4. The van der Waals surface area contributed by atoms with Crippen molar-refractivity contribution in [2.75, 3.05) is 13.1 Å². The summed E-state index contributed by atoms with van der Waals surface area (Å²) in [6, 6.07) is 14.3. The maximum absolute atomic E-state index is 12.0. The highest BCUT2D eigenvalue weighted by atomic mass is 32.2. The second-order valence-electron chi connectivity index (χ2n) is 4.92. The van der Waals surface area contributed by atoms with Gasteiger partial charge in [0.25, 0.3) is 0 Å². The molecule has 23 heavy (non-hydrogen) atoms. The van der Waals surface area contributed by atoms with Gasteiger partial charge in [-0.3, -0.25) is 0 Å². The first-order valence-electron chi connectivity index (χ1n) is 6.92. The fourth-order valence-electron chi connectivity index (χ4n) is 1.85. The lowest BCUT2D eigenvalue weighted by molar-refractivity contribution is 0.570. The third-order valence-corrected chi connectivity index (χ3v) is 6.05. The smallest absolute Gasteiger partial charge is 0.210 e. The monoisotopic (exact) mass is 354 g/mol. The maximum Gasteiger partial charge on any atom is 0.240 e. The highest BCUT2D eigenvalue weighted by molar-refractivity contribution is 7.89. The van der Waals surface area contributed by atoms with Gasteiger partial charge in [-0.05, 0) is 31.2 Å². The molecule has 0 heterocycles. The minimum Gasteiger partial charge on any atom is -0.210 e. The van der Waals surface area contributed by atoms with Crippen LogP contribution in [0.1, 0.15) is 5.56 Å². The Hall–Kier alpha value is -1.74. The Kier molecular flexibility index (Phi) is 5.53. The van der Waals surface area contributed by atoms with Crippen molar-refractivity contribution in [3.63, 3.8) is 0 Å². The molecule has 0 aliphatic rings. The number of nitrogens with one attached hydrogen (secondary N) is 2. The lowest BCUT2D eigenvalue weighted by Crippen LogP contribution is -2.34. The highest BCUT2D eigenvalue weighted by Gasteiger charge is 2.15. The summed E-state index contributed by atoms with van der Waals surface area (Å²) < 4.78 is 52.8. The lowest BCUT2D eigenvalue weighted by Gasteiger charge is -2.09. The van der Waals surface area contributed by atoms with E-state index in [9.17, 15) is 16.8 Å². The molecule has 0 spiro atoms. The predicted octanol–water partition coefficient (Wildman–Crippen LogP) is 1.25. The standard InChI is InChI=1S/C15H18N2O4S2/c1-13-7-9-15(10-8-13)23(20,21)17-12-11-16-22(18,19)14-5-3-2-4-6-14/h2-10,16-17H,11-12H2,1H3. The molecule has 124 valence electrons. The van der Waals surface area contributed by atoms with Gasteiger partial charge in [0.15, 0.2) is 0 Å². The van der Waals surface area contributed by atoms with E-state index in [2.05, 4.69) is 9.44 Å². The van der Waals surface area contributed by atoms with Gasteiger partial charge in [-0.2, -0.15) is 0 Å². The molecule has 0 aliphatic heterocycles. The average Bonchev–Trinajstić information content (AvgIpc) is 2.53. The van der Waals surface area contributed by atoms with E-state index in [1.165, 1.54) is 24.3 Å². The number of aryl methyl sites for hydroxylation is 1. The van der Waals surface area contributed by atoms with Crippen LogP contribution in [-0.2, 0) is 20.0 Å². The van der Waals surface area contributed by atoms with Gasteiger partial charge in [0, 0.05) is 13.1 Å². The number of rotatable bonds is 7. The molecule has 2 N–H and O–H groups in total. The van der Waals surface area contributed by atoms with Crippen molar-refractivity contribution < 1.29 is 16.8 Å². The van der Waals surface area contributed by atoms with E-state index in [1.807, 2.05) is 6.92 Å². The molecule has 0 radical (unpaired) electrons. The Balaban J connectivity index is 1.91. The molecule has 0 fully saturated rings. The molecule has 2 rings (SSSR count). The van der Waals surface area contributed by atoms with Crippen molar-refractivity contribution in [1.82, 2.24) is 9.44 Å². The summed E-state index contributed by atoms with van der Waals surface area (Å²) in [5.74, 6) is 0. The quantitative estimate of drug-likeness (QED) is 0.732. The molecule has 2 aromatic carbocycles. The molecular formula is C15H18N2O4S2. The second kappa shape index (κ2) is 7.22. The van der Waals surface area contributed by atoms with Gasteiger partial charge >= 0.3 is 0 Å². The van der Waals surface area contributed by atoms with Gasteiger partial charge in [-0.1, -0.05) is 35.9 Å². The molecule has 0 atom stereocenters. The Morgan fingerprint density at radius 1 is 0.696 bits per heavy atom. The molecule has 0 saturated heterocycles. The van der Waals surface area contributed by atoms with E-state index in [0.29, 0.717) is 0 Å². The first kappa shape index (κ1) is 17.6. The minimum absolute atomic E-state index is 0.0394. The van der Waals surface area contributed by atoms with Crippen LogP contribution >= 0.6 is 0 Å². The van der Waals surface area contributed by atoms with Crippen molar-refractivity contribution in [3.05, 3.63) is 60.2 Å². The van der Waals surface area contributed by atoms with Crippen LogP contribution in [0.4, 0.5) is 0 Å². The van der Waals surface area contributed by atoms with Crippen LogP contribution in [0.25, 0.3) is 0 Å². The molecule has 0 bridgehead atoms. The molecule has 0 saturated carbocycles. The fraction of sp³-hybridized carbons (Fsp3) is 0.200. The van der Waals surface area contributed by atoms with E-state index in [-0.39, 0.29) is 22.9 Å². The summed E-state index contributed by atoms with van der Waals surface area (Å²) in [5.41, 5.74) is 0.958. The predicted molar refractivity (Wildman–Crippen MR) is 88.0 cm³/mol. The van der Waals surface area contributed by atoms with Crippen LogP contribution < -0.4 is 9.44 Å². The van der Waals surface area contributed by atoms with Gasteiger partial charge in [-0.25, -0.2) is 26.3 Å². The van der Waals surface area contributed by atoms with Crippen molar-refractivity contribution >= 4 is 20.0 Å². The zero-order valence-electron chi connectivity index (χ0n) is 12.6. The summed E-state index contributed by atoms with van der Waals surface area (Å²) in [5, 5.41) is 0. The topological polar surface area (TPSA) is 92.3 Å². The van der Waals surface area contributed by atoms with Crippen molar-refractivity contribution in [2.45, 2.75) is 16.7 Å². The summed E-state index contributed by atoms with van der Waals surface area (Å²) in [7, 11) is -7.28. The first-order chi connectivity index (χ1) is 10.8. The summed E-state index contributed by atoms with van der Waals surface area (Å²) in [6.45, 7) is 1.78. The molecule has 6 nitrogen and oxygen atoms in total. The number of sulfonamides is 2. The van der Waals surface area contributed by atoms with E-state index >= 15 is 0 Å². The fourth-order valence-corrected chi connectivity index (χ4v) is 3.94. The Morgan fingerprint density at radius 2 is 1.13 bits per heavy atom. The average molecular weight is 354 g/mol. The maximum atomic E-state index is 12.0. The Morgan fingerprint density at radius 3 is 1.61 bits per heavy atom. The van der Waals surface area contributed by atoms with Gasteiger partial charge < -0.3 is 0 Å². The summed E-state index contributed by atoms with van der Waals surface area (Å²) in [6.07, 6.45) is 0. The second-order valence-corrected chi connectivity index (χ2v) is 8.46. The summed E-state index contributed by atoms with van der Waals surface area (Å²) in [4.78, 5) is 0.287. The van der Waals surface area contributed by atoms with Crippen LogP contribution in [0, 0.1) is 6.92 Å². The molecule has 8 heteroatoms. The SMILES string of the molecule is Cc1ccc(S(=O)(=O)NCCNS(=O)(=O)c2ccccc2)cc1. The largest absolute Gasteiger partial charge is 0.240 e. The number of hydrogen-bond donors (Lipinski definition) is 2. The van der Waals surface area contributed by atoms with Crippen LogP contribution in [0.2, 0.25) is 0 Å². The zero-order valence-corrected chi connectivity index (χ0v) is 14.2. The first-order valence-corrected chi connectivity index (χ1v) is 9.89. The molecular weight excluding hydrogens is 336 g/mol. The lowest BCUT2D eigenvalue weighted by atomic mass is 10.2. The molecule has 0 aliphatic carbocycles. The molecule has 0 aromatic heterocycles. The van der Waals surface area contributed by atoms with E-state index in [4.69, 9.17) is 0 Å². The van der Waals surface area contributed by atoms with Crippen molar-refractivity contribution in [1.29, 1.82) is 0 Å². The van der Waals surface area contributed by atoms with Gasteiger partial charge in [0.05, 0.1) is 9.79 Å². The normalized spacial score (nSPS) is 12.2. The van der Waals surface area contributed by atoms with Crippen molar-refractivity contribution in [2.24, 2.45) is 0 Å². The van der Waals surface area contributed by atoms with Crippen LogP contribution in [-0.4, -0.2) is 29.9 Å². The minimum atomic E-state index is -3.64. The molecule has 2 aromatic rings. The van der Waals surface area contributed by atoms with Gasteiger partial charge in [0.1, 0.15) is 0 Å². The molecule has 0 amide bonds. The van der Waals surface area contributed by atoms with Gasteiger partial charge in [0.2, 0.25) is 20.0 Å².